The molecule has 1 aromatic heterocycles. The first kappa shape index (κ1) is 20.5. The van der Waals surface area contributed by atoms with E-state index in [1.54, 1.807) is 30.3 Å². The number of carbonyl (C=O) groups is 1. The Bertz CT molecular complexity index is 1050. The third-order valence-corrected chi connectivity index (χ3v) is 8.50. The molecule has 0 unspecified atom stereocenters. The summed E-state index contributed by atoms with van der Waals surface area (Å²) in [6.07, 6.45) is 3.06. The number of aromatic nitrogens is 2. The molecule has 10 heteroatoms. The van der Waals surface area contributed by atoms with E-state index >= 15 is 0 Å². The largest absolute Gasteiger partial charge is 0.396 e. The Morgan fingerprint density at radius 1 is 1.20 bits per heavy atom. The van der Waals surface area contributed by atoms with Crippen LogP contribution in [-0.4, -0.2) is 47.9 Å². The summed E-state index contributed by atoms with van der Waals surface area (Å²) in [6, 6.07) is 8.12. The van der Waals surface area contributed by atoms with Gasteiger partial charge >= 0.3 is 6.03 Å². The highest BCUT2D eigenvalue weighted by molar-refractivity contribution is 7.93. The molecule has 2 aliphatic carbocycles. The maximum Gasteiger partial charge on any atom is 0.319 e. The zero-order valence-electron chi connectivity index (χ0n) is 16.5. The van der Waals surface area contributed by atoms with Crippen LogP contribution in [0.25, 0.3) is 11.4 Å². The van der Waals surface area contributed by atoms with Gasteiger partial charge in [0.15, 0.2) is 15.7 Å². The lowest BCUT2D eigenvalue weighted by Gasteiger charge is -2.17. The van der Waals surface area contributed by atoms with Crippen LogP contribution in [0.5, 0.6) is 0 Å². The molecular formula is C20H25N5O4S. The van der Waals surface area contributed by atoms with Gasteiger partial charge in [-0.05, 0) is 56.4 Å². The summed E-state index contributed by atoms with van der Waals surface area (Å²) in [5, 5.41) is 13.8. The van der Waals surface area contributed by atoms with Gasteiger partial charge in [0.1, 0.15) is 10.6 Å². The molecule has 30 heavy (non-hydrogen) atoms. The van der Waals surface area contributed by atoms with Crippen LogP contribution in [0.1, 0.15) is 37.8 Å². The number of aliphatic hydroxyl groups excluding tert-OH is 1. The van der Waals surface area contributed by atoms with Crippen molar-refractivity contribution in [1.29, 1.82) is 0 Å². The summed E-state index contributed by atoms with van der Waals surface area (Å²) in [4.78, 5) is 20.6. The average Bonchev–Trinajstić information content (AvgIpc) is 3.61. The van der Waals surface area contributed by atoms with E-state index in [4.69, 9.17) is 10.8 Å². The third-order valence-electron chi connectivity index (χ3n) is 5.45. The van der Waals surface area contributed by atoms with Gasteiger partial charge in [-0.15, -0.1) is 0 Å². The highest BCUT2D eigenvalue weighted by atomic mass is 32.2. The molecule has 5 N–H and O–H groups in total. The molecule has 1 heterocycles. The molecule has 1 aromatic carbocycles. The molecule has 160 valence electrons. The molecule has 2 saturated carbocycles. The van der Waals surface area contributed by atoms with Gasteiger partial charge in [-0.3, -0.25) is 0 Å². The highest BCUT2D eigenvalue weighted by Crippen LogP contribution is 2.57. The minimum absolute atomic E-state index is 0.0143. The minimum atomic E-state index is -3.27. The van der Waals surface area contributed by atoms with Crippen LogP contribution in [0, 0.1) is 0 Å². The number of carbonyl (C=O) groups excluding carboxylic acids is 1. The number of rotatable bonds is 8. The molecule has 2 aliphatic rings. The molecule has 2 fully saturated rings. The minimum Gasteiger partial charge on any atom is -0.396 e. The first-order chi connectivity index (χ1) is 14.4. The van der Waals surface area contributed by atoms with Crippen molar-refractivity contribution in [2.45, 2.75) is 42.1 Å². The van der Waals surface area contributed by atoms with Gasteiger partial charge in [0.2, 0.25) is 0 Å². The molecule has 2 amide bonds. The van der Waals surface area contributed by atoms with Gasteiger partial charge in [-0.2, -0.15) is 0 Å². The van der Waals surface area contributed by atoms with Crippen LogP contribution in [0.4, 0.5) is 16.3 Å². The van der Waals surface area contributed by atoms with E-state index < -0.39 is 14.6 Å². The number of nitrogen functional groups attached to an aromatic ring is 1. The second kappa shape index (κ2) is 7.84. The summed E-state index contributed by atoms with van der Waals surface area (Å²) in [7, 11) is -3.27. The van der Waals surface area contributed by atoms with Crippen LogP contribution >= 0.6 is 0 Å². The lowest BCUT2D eigenvalue weighted by molar-refractivity contribution is 0.249. The predicted octanol–water partition coefficient (Wildman–Crippen LogP) is 1.80. The molecule has 0 saturated heterocycles. The van der Waals surface area contributed by atoms with E-state index in [1.807, 2.05) is 0 Å². The van der Waals surface area contributed by atoms with E-state index in [1.165, 1.54) is 0 Å². The summed E-state index contributed by atoms with van der Waals surface area (Å²) in [5.74, 6) is 0.596. The number of aliphatic hydroxyl groups is 1. The number of urea groups is 1. The van der Waals surface area contributed by atoms with Crippen LogP contribution < -0.4 is 16.4 Å². The smallest absolute Gasteiger partial charge is 0.319 e. The predicted molar refractivity (Wildman–Crippen MR) is 113 cm³/mol. The molecule has 2 aromatic rings. The van der Waals surface area contributed by atoms with E-state index in [0.717, 1.165) is 12.8 Å². The second-order valence-corrected chi connectivity index (χ2v) is 10.3. The lowest BCUT2D eigenvalue weighted by Crippen LogP contribution is -2.29. The molecule has 0 aliphatic heterocycles. The SMILES string of the molecule is Nc1cc(C2(S(=O)(=O)C3CC3)CC2)nc(-c2ccc(NC(=O)NCCCO)cc2)n1. The van der Waals surface area contributed by atoms with Crippen molar-refractivity contribution in [3.63, 3.8) is 0 Å². The highest BCUT2D eigenvalue weighted by Gasteiger charge is 2.61. The summed E-state index contributed by atoms with van der Waals surface area (Å²) >= 11 is 0. The van der Waals surface area contributed by atoms with Crippen molar-refractivity contribution in [1.82, 2.24) is 15.3 Å². The van der Waals surface area contributed by atoms with Gasteiger partial charge in [0.05, 0.1) is 10.9 Å². The Morgan fingerprint density at radius 2 is 1.90 bits per heavy atom. The molecule has 0 spiro atoms. The molecule has 0 atom stereocenters. The third kappa shape index (κ3) is 3.97. The van der Waals surface area contributed by atoms with Crippen molar-refractivity contribution in [2.24, 2.45) is 0 Å². The Labute approximate surface area is 175 Å². The maximum absolute atomic E-state index is 12.9. The van der Waals surface area contributed by atoms with E-state index in [-0.39, 0.29) is 23.7 Å². The number of hydrogen-bond acceptors (Lipinski definition) is 7. The van der Waals surface area contributed by atoms with Gasteiger partial charge in [-0.25, -0.2) is 23.2 Å². The Kier molecular flexibility index (Phi) is 5.37. The monoisotopic (exact) mass is 431 g/mol. The standard InChI is InChI=1S/C20H25N5O4S/c21-17-12-16(20(8-9-20)30(28,29)15-6-7-15)24-18(25-17)13-2-4-14(5-3-13)23-19(27)22-10-1-11-26/h2-5,12,15,26H,1,6-11H2,(H2,21,24,25)(H2,22,23,27). The molecule has 9 nitrogen and oxygen atoms in total. The van der Waals surface area contributed by atoms with Crippen LogP contribution in [0.2, 0.25) is 0 Å². The Balaban J connectivity index is 1.53. The van der Waals surface area contributed by atoms with Crippen LogP contribution in [-0.2, 0) is 14.6 Å². The van der Waals surface area contributed by atoms with Crippen molar-refractivity contribution in [3.05, 3.63) is 36.0 Å². The zero-order valence-corrected chi connectivity index (χ0v) is 17.3. The van der Waals surface area contributed by atoms with E-state index in [2.05, 4.69) is 20.6 Å². The quantitative estimate of drug-likeness (QED) is 0.466. The van der Waals surface area contributed by atoms with Gasteiger partial charge < -0.3 is 21.5 Å². The van der Waals surface area contributed by atoms with Crippen LogP contribution in [0.15, 0.2) is 30.3 Å². The summed E-state index contributed by atoms with van der Waals surface area (Å²) in [6.45, 7) is 0.395. The topological polar surface area (TPSA) is 147 Å². The van der Waals surface area contributed by atoms with Crippen molar-refractivity contribution < 1.29 is 18.3 Å². The van der Waals surface area contributed by atoms with Gasteiger partial charge in [0, 0.05) is 30.5 Å². The number of nitrogens with two attached hydrogens (primary N) is 1. The van der Waals surface area contributed by atoms with Crippen molar-refractivity contribution in [2.75, 3.05) is 24.2 Å². The van der Waals surface area contributed by atoms with E-state index in [9.17, 15) is 13.2 Å². The fourth-order valence-electron chi connectivity index (χ4n) is 3.48. The molecule has 0 radical (unpaired) electrons. The fourth-order valence-corrected chi connectivity index (χ4v) is 5.95. The van der Waals surface area contributed by atoms with Crippen molar-refractivity contribution in [3.8, 4) is 11.4 Å². The molecule has 0 bridgehead atoms. The maximum atomic E-state index is 12.9. The van der Waals surface area contributed by atoms with Gasteiger partial charge in [-0.1, -0.05) is 0 Å². The molecule has 4 rings (SSSR count). The Morgan fingerprint density at radius 3 is 2.50 bits per heavy atom. The first-order valence-electron chi connectivity index (χ1n) is 10.0. The number of sulfone groups is 1. The van der Waals surface area contributed by atoms with Crippen molar-refractivity contribution >= 4 is 27.4 Å². The lowest BCUT2D eigenvalue weighted by atomic mass is 10.1. The number of nitrogens with zero attached hydrogens (tertiary/aromatic N) is 2. The summed E-state index contributed by atoms with van der Waals surface area (Å²) < 4.78 is 24.9. The van der Waals surface area contributed by atoms with Crippen LogP contribution in [0.3, 0.4) is 0 Å². The number of benzene rings is 1. The average molecular weight is 432 g/mol. The number of anilines is 2. The normalized spacial score (nSPS) is 17.4. The fraction of sp³-hybridized carbons (Fsp3) is 0.450. The number of amides is 2. The second-order valence-electron chi connectivity index (χ2n) is 7.78. The first-order valence-corrected chi connectivity index (χ1v) is 11.5. The Hall–Kier alpha value is -2.72. The molecular weight excluding hydrogens is 406 g/mol. The number of nitrogens with one attached hydrogen (secondary N) is 2. The zero-order chi connectivity index (χ0) is 21.4. The summed E-state index contributed by atoms with van der Waals surface area (Å²) in [5.41, 5.74) is 7.71. The number of hydrogen-bond donors (Lipinski definition) is 4. The van der Waals surface area contributed by atoms with Gasteiger partial charge in [0.25, 0.3) is 0 Å². The van der Waals surface area contributed by atoms with E-state index in [0.29, 0.717) is 48.6 Å².